The molecule has 1 aromatic rings. The van der Waals surface area contributed by atoms with Crippen LogP contribution < -0.4 is 0 Å². The largest absolute Gasteiger partial charge is 0.393 e. The molecular formula is C13H23N3O2. The second kappa shape index (κ2) is 6.29. The van der Waals surface area contributed by atoms with Gasteiger partial charge in [0.15, 0.2) is 5.82 Å². The molecule has 102 valence electrons. The van der Waals surface area contributed by atoms with Crippen LogP contribution in [0.15, 0.2) is 4.52 Å². The van der Waals surface area contributed by atoms with Crippen LogP contribution in [0.2, 0.25) is 0 Å². The van der Waals surface area contributed by atoms with Gasteiger partial charge >= 0.3 is 0 Å². The normalized spacial score (nSPS) is 25.5. The first-order chi connectivity index (χ1) is 8.72. The topological polar surface area (TPSA) is 62.4 Å². The van der Waals surface area contributed by atoms with E-state index < -0.39 is 0 Å². The highest BCUT2D eigenvalue weighted by atomic mass is 16.5. The van der Waals surface area contributed by atoms with E-state index in [1.165, 1.54) is 0 Å². The van der Waals surface area contributed by atoms with E-state index >= 15 is 0 Å². The maximum Gasteiger partial charge on any atom is 0.240 e. The number of likely N-dealkylation sites (tertiary alicyclic amines) is 1. The molecule has 2 atom stereocenters. The number of aliphatic hydroxyl groups excluding tert-OH is 1. The minimum atomic E-state index is -0.149. The Balaban J connectivity index is 1.88. The second-order valence-electron chi connectivity index (χ2n) is 5.11. The average molecular weight is 253 g/mol. The first kappa shape index (κ1) is 13.5. The molecule has 0 aromatic carbocycles. The van der Waals surface area contributed by atoms with E-state index in [0.29, 0.717) is 18.4 Å². The number of hydrogen-bond acceptors (Lipinski definition) is 5. The van der Waals surface area contributed by atoms with Gasteiger partial charge in [-0.05, 0) is 25.2 Å². The maximum absolute atomic E-state index is 9.85. The third-order valence-electron chi connectivity index (χ3n) is 3.64. The lowest BCUT2D eigenvalue weighted by molar-refractivity contribution is 0.0187. The van der Waals surface area contributed by atoms with Crippen molar-refractivity contribution in [2.24, 2.45) is 5.92 Å². The predicted octanol–water partition coefficient (Wildman–Crippen LogP) is 1.61. The summed E-state index contributed by atoms with van der Waals surface area (Å²) < 4.78 is 5.25. The summed E-state index contributed by atoms with van der Waals surface area (Å²) in [6, 6.07) is 0. The van der Waals surface area contributed by atoms with Crippen LogP contribution in [0.1, 0.15) is 44.8 Å². The summed E-state index contributed by atoms with van der Waals surface area (Å²) in [5.41, 5.74) is 0. The third-order valence-corrected chi connectivity index (χ3v) is 3.64. The molecule has 0 saturated carbocycles. The van der Waals surface area contributed by atoms with Gasteiger partial charge in [0, 0.05) is 19.5 Å². The van der Waals surface area contributed by atoms with E-state index in [2.05, 4.69) is 28.9 Å². The second-order valence-corrected chi connectivity index (χ2v) is 5.11. The van der Waals surface area contributed by atoms with Gasteiger partial charge in [0.2, 0.25) is 5.89 Å². The number of piperidine rings is 1. The van der Waals surface area contributed by atoms with Crippen molar-refractivity contribution in [3.05, 3.63) is 11.7 Å². The summed E-state index contributed by atoms with van der Waals surface area (Å²) in [7, 11) is 0. The molecule has 0 bridgehead atoms. The van der Waals surface area contributed by atoms with Crippen LogP contribution in [0.25, 0.3) is 0 Å². The van der Waals surface area contributed by atoms with Crippen molar-refractivity contribution in [3.8, 4) is 0 Å². The summed E-state index contributed by atoms with van der Waals surface area (Å²) in [4.78, 5) is 6.68. The Morgan fingerprint density at radius 2 is 2.28 bits per heavy atom. The quantitative estimate of drug-likeness (QED) is 0.864. The highest BCUT2D eigenvalue weighted by molar-refractivity contribution is 4.88. The summed E-state index contributed by atoms with van der Waals surface area (Å²) in [5, 5.41) is 13.8. The van der Waals surface area contributed by atoms with E-state index in [1.807, 2.05) is 0 Å². The summed E-state index contributed by atoms with van der Waals surface area (Å²) in [6.45, 7) is 6.77. The van der Waals surface area contributed by atoms with Crippen LogP contribution in [0, 0.1) is 5.92 Å². The number of aromatic nitrogens is 2. The van der Waals surface area contributed by atoms with E-state index in [9.17, 15) is 5.11 Å². The number of rotatable bonds is 5. The van der Waals surface area contributed by atoms with Gasteiger partial charge in [-0.25, -0.2) is 0 Å². The Morgan fingerprint density at radius 3 is 3.00 bits per heavy atom. The van der Waals surface area contributed by atoms with Gasteiger partial charge in [-0.2, -0.15) is 4.98 Å². The molecule has 0 aliphatic carbocycles. The number of hydrogen-bond donors (Lipinski definition) is 1. The lowest BCUT2D eigenvalue weighted by atomic mass is 9.92. The van der Waals surface area contributed by atoms with Crippen LogP contribution in [-0.2, 0) is 13.0 Å². The van der Waals surface area contributed by atoms with Crippen LogP contribution in [0.3, 0.4) is 0 Å². The first-order valence-electron chi connectivity index (χ1n) is 6.94. The van der Waals surface area contributed by atoms with Crippen LogP contribution >= 0.6 is 0 Å². The van der Waals surface area contributed by atoms with Crippen molar-refractivity contribution in [3.63, 3.8) is 0 Å². The molecule has 5 heteroatoms. The minimum Gasteiger partial charge on any atom is -0.393 e. The first-order valence-corrected chi connectivity index (χ1v) is 6.94. The Morgan fingerprint density at radius 1 is 1.44 bits per heavy atom. The highest BCUT2D eigenvalue weighted by Crippen LogP contribution is 2.21. The van der Waals surface area contributed by atoms with Crippen LogP contribution in [0.4, 0.5) is 0 Å². The molecule has 1 saturated heterocycles. The lowest BCUT2D eigenvalue weighted by Gasteiger charge is -2.34. The zero-order valence-electron chi connectivity index (χ0n) is 11.3. The van der Waals surface area contributed by atoms with E-state index in [1.54, 1.807) is 0 Å². The molecule has 2 heterocycles. The predicted molar refractivity (Wildman–Crippen MR) is 68.0 cm³/mol. The van der Waals surface area contributed by atoms with Crippen LogP contribution in [-0.4, -0.2) is 39.3 Å². The fraction of sp³-hybridized carbons (Fsp3) is 0.846. The Bertz CT molecular complexity index is 367. The van der Waals surface area contributed by atoms with Gasteiger partial charge in [-0.1, -0.05) is 19.0 Å². The Hall–Kier alpha value is -0.940. The van der Waals surface area contributed by atoms with Gasteiger partial charge in [0.25, 0.3) is 0 Å². The Kier molecular flexibility index (Phi) is 4.72. The smallest absolute Gasteiger partial charge is 0.240 e. The lowest BCUT2D eigenvalue weighted by Crippen LogP contribution is -2.42. The molecule has 0 amide bonds. The molecule has 1 fully saturated rings. The zero-order valence-corrected chi connectivity index (χ0v) is 11.3. The van der Waals surface area contributed by atoms with Gasteiger partial charge in [-0.15, -0.1) is 0 Å². The molecule has 0 radical (unpaired) electrons. The molecule has 1 N–H and O–H groups in total. The van der Waals surface area contributed by atoms with Gasteiger partial charge < -0.3 is 9.63 Å². The van der Waals surface area contributed by atoms with E-state index in [4.69, 9.17) is 4.52 Å². The molecule has 2 unspecified atom stereocenters. The van der Waals surface area contributed by atoms with Gasteiger partial charge in [0.1, 0.15) is 0 Å². The molecule has 1 aliphatic rings. The molecular weight excluding hydrogens is 230 g/mol. The summed E-state index contributed by atoms with van der Waals surface area (Å²) >= 11 is 0. The van der Waals surface area contributed by atoms with Crippen molar-refractivity contribution < 1.29 is 9.63 Å². The molecule has 1 aliphatic heterocycles. The van der Waals surface area contributed by atoms with Crippen molar-refractivity contribution in [1.82, 2.24) is 15.0 Å². The fourth-order valence-corrected chi connectivity index (χ4v) is 2.51. The maximum atomic E-state index is 9.85. The van der Waals surface area contributed by atoms with Gasteiger partial charge in [0.05, 0.1) is 12.6 Å². The fourth-order valence-electron chi connectivity index (χ4n) is 2.51. The Labute approximate surface area is 108 Å². The van der Waals surface area contributed by atoms with Crippen molar-refractivity contribution >= 4 is 0 Å². The SMILES string of the molecule is CCCc1noc(CN2CCC(O)C(CC)C2)n1. The third kappa shape index (κ3) is 3.29. The van der Waals surface area contributed by atoms with Crippen molar-refractivity contribution in [2.45, 2.75) is 52.2 Å². The number of aryl methyl sites for hydroxylation is 1. The number of aliphatic hydroxyl groups is 1. The average Bonchev–Trinajstić information content (AvgIpc) is 2.80. The molecule has 0 spiro atoms. The molecule has 5 nitrogen and oxygen atoms in total. The molecule has 18 heavy (non-hydrogen) atoms. The summed E-state index contributed by atoms with van der Waals surface area (Å²) in [6.07, 6.45) is 3.62. The molecule has 2 rings (SSSR count). The monoisotopic (exact) mass is 253 g/mol. The van der Waals surface area contributed by atoms with Crippen LogP contribution in [0.5, 0.6) is 0 Å². The standard InChI is InChI=1S/C13H23N3O2/c1-3-5-12-14-13(18-15-12)9-16-7-6-11(17)10(4-2)8-16/h10-11,17H,3-9H2,1-2H3. The summed E-state index contributed by atoms with van der Waals surface area (Å²) in [5.74, 6) is 1.87. The van der Waals surface area contributed by atoms with E-state index in [0.717, 1.165) is 44.6 Å². The van der Waals surface area contributed by atoms with Crippen molar-refractivity contribution in [2.75, 3.05) is 13.1 Å². The zero-order chi connectivity index (χ0) is 13.0. The van der Waals surface area contributed by atoms with E-state index in [-0.39, 0.29) is 6.10 Å². The molecule has 1 aromatic heterocycles. The minimum absolute atomic E-state index is 0.149. The highest BCUT2D eigenvalue weighted by Gasteiger charge is 2.27. The number of nitrogens with zero attached hydrogens (tertiary/aromatic N) is 3. The van der Waals surface area contributed by atoms with Crippen molar-refractivity contribution in [1.29, 1.82) is 0 Å². The van der Waals surface area contributed by atoms with Gasteiger partial charge in [-0.3, -0.25) is 4.90 Å².